The first-order chi connectivity index (χ1) is 11.6. The maximum absolute atomic E-state index is 12.7. The first-order valence-corrected chi connectivity index (χ1v) is 7.94. The molecule has 3 rings (SSSR count). The standard InChI is InChI=1S/C19H19NO4/c1-2-24-14-9-7-13(8-10-14)11-18(21)20-12-16(19(22)23)15-5-3-4-6-17(15)20/h3-10,16H,2,11-12H2,1H3,(H,22,23)/t16-/m0/s1. The van der Waals surface area contributed by atoms with Crippen LogP contribution in [-0.2, 0) is 16.0 Å². The van der Waals surface area contributed by atoms with Crippen molar-refractivity contribution < 1.29 is 19.4 Å². The van der Waals surface area contributed by atoms with Crippen LogP contribution in [0, 0.1) is 0 Å². The van der Waals surface area contributed by atoms with E-state index in [9.17, 15) is 14.7 Å². The molecule has 24 heavy (non-hydrogen) atoms. The lowest BCUT2D eigenvalue weighted by molar-refractivity contribution is -0.138. The zero-order valence-corrected chi connectivity index (χ0v) is 13.4. The van der Waals surface area contributed by atoms with E-state index in [-0.39, 0.29) is 18.9 Å². The van der Waals surface area contributed by atoms with E-state index in [0.29, 0.717) is 17.9 Å². The second kappa shape index (κ2) is 6.74. The van der Waals surface area contributed by atoms with Crippen LogP contribution >= 0.6 is 0 Å². The van der Waals surface area contributed by atoms with Gasteiger partial charge in [-0.1, -0.05) is 30.3 Å². The average molecular weight is 325 g/mol. The molecule has 1 aliphatic heterocycles. The summed E-state index contributed by atoms with van der Waals surface area (Å²) in [5.74, 6) is -0.897. The van der Waals surface area contributed by atoms with Crippen LogP contribution in [0.1, 0.15) is 24.0 Å². The highest BCUT2D eigenvalue weighted by atomic mass is 16.5. The summed E-state index contributed by atoms with van der Waals surface area (Å²) in [6.45, 7) is 2.70. The van der Waals surface area contributed by atoms with Gasteiger partial charge in [-0.15, -0.1) is 0 Å². The molecule has 0 saturated carbocycles. The molecule has 0 spiro atoms. The molecule has 5 heteroatoms. The number of amides is 1. The number of benzene rings is 2. The van der Waals surface area contributed by atoms with Gasteiger partial charge in [0.25, 0.3) is 0 Å². The Morgan fingerprint density at radius 1 is 1.17 bits per heavy atom. The third kappa shape index (κ3) is 3.11. The number of para-hydroxylation sites is 1. The second-order valence-corrected chi connectivity index (χ2v) is 5.71. The summed E-state index contributed by atoms with van der Waals surface area (Å²) >= 11 is 0. The van der Waals surface area contributed by atoms with Gasteiger partial charge < -0.3 is 14.7 Å². The van der Waals surface area contributed by atoms with Crippen LogP contribution in [0.2, 0.25) is 0 Å². The molecule has 0 unspecified atom stereocenters. The van der Waals surface area contributed by atoms with Crippen LogP contribution in [0.15, 0.2) is 48.5 Å². The van der Waals surface area contributed by atoms with Gasteiger partial charge in [0.2, 0.25) is 5.91 Å². The first-order valence-electron chi connectivity index (χ1n) is 7.94. The largest absolute Gasteiger partial charge is 0.494 e. The number of ether oxygens (including phenoxy) is 1. The van der Waals surface area contributed by atoms with Crippen molar-refractivity contribution in [2.24, 2.45) is 0 Å². The number of rotatable bonds is 5. The minimum absolute atomic E-state index is 0.102. The minimum Gasteiger partial charge on any atom is -0.494 e. The lowest BCUT2D eigenvalue weighted by Crippen LogP contribution is -2.32. The Balaban J connectivity index is 1.77. The van der Waals surface area contributed by atoms with E-state index in [1.54, 1.807) is 23.1 Å². The summed E-state index contributed by atoms with van der Waals surface area (Å²) in [6, 6.07) is 14.6. The molecule has 0 radical (unpaired) electrons. The van der Waals surface area contributed by atoms with Crippen LogP contribution in [0.3, 0.4) is 0 Å². The third-order valence-electron chi connectivity index (χ3n) is 4.16. The molecule has 0 aromatic heterocycles. The highest BCUT2D eigenvalue weighted by Gasteiger charge is 2.36. The number of aliphatic carboxylic acids is 1. The van der Waals surface area contributed by atoms with Crippen molar-refractivity contribution in [2.75, 3.05) is 18.1 Å². The highest BCUT2D eigenvalue weighted by molar-refractivity contribution is 5.99. The van der Waals surface area contributed by atoms with Crippen LogP contribution in [0.5, 0.6) is 5.75 Å². The summed E-state index contributed by atoms with van der Waals surface area (Å²) in [5.41, 5.74) is 2.27. The normalized spacial score (nSPS) is 15.9. The molecular weight excluding hydrogens is 306 g/mol. The van der Waals surface area contributed by atoms with Gasteiger partial charge in [0.1, 0.15) is 11.7 Å². The summed E-state index contributed by atoms with van der Waals surface area (Å²) in [4.78, 5) is 25.7. The predicted octanol–water partition coefficient (Wildman–Crippen LogP) is 2.84. The molecular formula is C19H19NO4. The van der Waals surface area contributed by atoms with Crippen LogP contribution in [0.4, 0.5) is 5.69 Å². The van der Waals surface area contributed by atoms with Gasteiger partial charge in [0.15, 0.2) is 0 Å². The molecule has 2 aromatic rings. The fourth-order valence-electron chi connectivity index (χ4n) is 2.99. The maximum atomic E-state index is 12.7. The maximum Gasteiger partial charge on any atom is 0.312 e. The number of hydrogen-bond donors (Lipinski definition) is 1. The molecule has 5 nitrogen and oxygen atoms in total. The van der Waals surface area contributed by atoms with Gasteiger partial charge in [0, 0.05) is 12.2 Å². The van der Waals surface area contributed by atoms with Gasteiger partial charge in [0.05, 0.1) is 13.0 Å². The van der Waals surface area contributed by atoms with Crippen LogP contribution in [0.25, 0.3) is 0 Å². The number of anilines is 1. The summed E-state index contributed by atoms with van der Waals surface area (Å²) in [7, 11) is 0. The van der Waals surface area contributed by atoms with Gasteiger partial charge in [-0.3, -0.25) is 9.59 Å². The topological polar surface area (TPSA) is 66.8 Å². The molecule has 1 atom stereocenters. The van der Waals surface area contributed by atoms with Crippen molar-refractivity contribution in [1.29, 1.82) is 0 Å². The molecule has 0 aliphatic carbocycles. The average Bonchev–Trinajstić information content (AvgIpc) is 2.97. The fraction of sp³-hybridized carbons (Fsp3) is 0.263. The quantitative estimate of drug-likeness (QED) is 0.918. The lowest BCUT2D eigenvalue weighted by atomic mass is 10.0. The highest BCUT2D eigenvalue weighted by Crippen LogP contribution is 2.36. The van der Waals surface area contributed by atoms with E-state index in [1.807, 2.05) is 37.3 Å². The van der Waals surface area contributed by atoms with Crippen molar-refractivity contribution in [3.63, 3.8) is 0 Å². The monoisotopic (exact) mass is 325 g/mol. The SMILES string of the molecule is CCOc1ccc(CC(=O)N2C[C@H](C(=O)O)c3ccccc32)cc1. The molecule has 0 fully saturated rings. The van der Waals surface area contributed by atoms with Crippen molar-refractivity contribution in [2.45, 2.75) is 19.3 Å². The lowest BCUT2D eigenvalue weighted by Gasteiger charge is -2.17. The Hall–Kier alpha value is -2.82. The molecule has 0 saturated heterocycles. The number of carbonyl (C=O) groups is 2. The Morgan fingerprint density at radius 2 is 1.88 bits per heavy atom. The summed E-state index contributed by atoms with van der Waals surface area (Å²) < 4.78 is 5.39. The molecule has 1 aliphatic rings. The van der Waals surface area contributed by atoms with Gasteiger partial charge in [-0.25, -0.2) is 0 Å². The second-order valence-electron chi connectivity index (χ2n) is 5.71. The number of carboxylic acids is 1. The van der Waals surface area contributed by atoms with Crippen LogP contribution in [-0.4, -0.2) is 30.1 Å². The van der Waals surface area contributed by atoms with E-state index in [0.717, 1.165) is 11.3 Å². The zero-order chi connectivity index (χ0) is 17.1. The zero-order valence-electron chi connectivity index (χ0n) is 13.4. The third-order valence-corrected chi connectivity index (χ3v) is 4.16. The van der Waals surface area contributed by atoms with Crippen molar-refractivity contribution in [1.82, 2.24) is 0 Å². The molecule has 124 valence electrons. The van der Waals surface area contributed by atoms with E-state index in [4.69, 9.17) is 4.74 Å². The number of fused-ring (bicyclic) bond motifs is 1. The number of hydrogen-bond acceptors (Lipinski definition) is 3. The molecule has 0 bridgehead atoms. The Bertz CT molecular complexity index is 754. The molecule has 1 heterocycles. The molecule has 1 N–H and O–H groups in total. The van der Waals surface area contributed by atoms with Gasteiger partial charge >= 0.3 is 5.97 Å². The van der Waals surface area contributed by atoms with Crippen molar-refractivity contribution in [3.8, 4) is 5.75 Å². The first kappa shape index (κ1) is 16.1. The van der Waals surface area contributed by atoms with Gasteiger partial charge in [-0.05, 0) is 36.2 Å². The van der Waals surface area contributed by atoms with E-state index in [1.165, 1.54) is 0 Å². The van der Waals surface area contributed by atoms with E-state index < -0.39 is 11.9 Å². The Morgan fingerprint density at radius 3 is 2.54 bits per heavy atom. The minimum atomic E-state index is -0.904. The van der Waals surface area contributed by atoms with E-state index in [2.05, 4.69) is 0 Å². The fourth-order valence-corrected chi connectivity index (χ4v) is 2.99. The van der Waals surface area contributed by atoms with Gasteiger partial charge in [-0.2, -0.15) is 0 Å². The summed E-state index contributed by atoms with van der Waals surface area (Å²) in [6.07, 6.45) is 0.229. The van der Waals surface area contributed by atoms with Crippen LogP contribution < -0.4 is 9.64 Å². The van der Waals surface area contributed by atoms with Crippen molar-refractivity contribution >= 4 is 17.6 Å². The molecule has 1 amide bonds. The number of carbonyl (C=O) groups excluding carboxylic acids is 1. The van der Waals surface area contributed by atoms with Crippen molar-refractivity contribution in [3.05, 3.63) is 59.7 Å². The van der Waals surface area contributed by atoms with E-state index >= 15 is 0 Å². The Kier molecular flexibility index (Phi) is 4.51. The summed E-state index contributed by atoms with van der Waals surface area (Å²) in [5, 5.41) is 9.38. The number of carboxylic acid groups (broad SMARTS) is 1. The molecule has 2 aromatic carbocycles. The predicted molar refractivity (Wildman–Crippen MR) is 90.5 cm³/mol. The number of nitrogens with zero attached hydrogens (tertiary/aromatic N) is 1. The smallest absolute Gasteiger partial charge is 0.312 e. The Labute approximate surface area is 140 Å².